The molecule has 6 nitrogen and oxygen atoms in total. The standard InChI is InChI=1S/C17H11ClFN5O/c18-13-5-1-12(2-6-13)17-21-23-24(22-17)10-16-20-9-15(25-16)11-3-7-14(19)8-4-11/h1-9H,10H2. The van der Waals surface area contributed by atoms with E-state index in [4.69, 9.17) is 16.0 Å². The SMILES string of the molecule is Fc1ccc(-c2cnc(Cn3nnc(-c4ccc(Cl)cc4)n3)o2)cc1. The lowest BCUT2D eigenvalue weighted by atomic mass is 10.2. The van der Waals surface area contributed by atoms with Gasteiger partial charge in [0.25, 0.3) is 0 Å². The normalized spacial score (nSPS) is 11.0. The highest BCUT2D eigenvalue weighted by molar-refractivity contribution is 6.30. The van der Waals surface area contributed by atoms with E-state index in [1.807, 2.05) is 12.1 Å². The Kier molecular flexibility index (Phi) is 3.99. The van der Waals surface area contributed by atoms with E-state index < -0.39 is 0 Å². The van der Waals surface area contributed by atoms with Crippen LogP contribution in [0.4, 0.5) is 4.39 Å². The van der Waals surface area contributed by atoms with Crippen molar-refractivity contribution in [3.8, 4) is 22.7 Å². The molecule has 0 saturated heterocycles. The van der Waals surface area contributed by atoms with E-state index in [2.05, 4.69) is 20.4 Å². The van der Waals surface area contributed by atoms with E-state index in [9.17, 15) is 4.39 Å². The molecule has 0 aliphatic rings. The first-order chi connectivity index (χ1) is 12.2. The summed E-state index contributed by atoms with van der Waals surface area (Å²) in [6, 6.07) is 13.2. The van der Waals surface area contributed by atoms with Gasteiger partial charge in [0.1, 0.15) is 12.4 Å². The first-order valence-corrected chi connectivity index (χ1v) is 7.79. The molecule has 2 aromatic carbocycles. The fraction of sp³-hybridized carbons (Fsp3) is 0.0588. The summed E-state index contributed by atoms with van der Waals surface area (Å²) < 4.78 is 18.6. The molecule has 0 saturated carbocycles. The molecule has 0 spiro atoms. The molecule has 2 aromatic heterocycles. The lowest BCUT2D eigenvalue weighted by molar-refractivity contribution is 0.446. The van der Waals surface area contributed by atoms with Crippen molar-refractivity contribution in [2.24, 2.45) is 0 Å². The topological polar surface area (TPSA) is 69.6 Å². The summed E-state index contributed by atoms with van der Waals surface area (Å²) in [5.41, 5.74) is 1.56. The smallest absolute Gasteiger partial charge is 0.218 e. The fourth-order valence-corrected chi connectivity index (χ4v) is 2.40. The van der Waals surface area contributed by atoms with E-state index in [0.717, 1.165) is 11.1 Å². The zero-order valence-corrected chi connectivity index (χ0v) is 13.6. The van der Waals surface area contributed by atoms with Crippen LogP contribution in [-0.4, -0.2) is 25.2 Å². The third kappa shape index (κ3) is 3.41. The van der Waals surface area contributed by atoms with Crippen LogP contribution in [0, 0.1) is 5.82 Å². The monoisotopic (exact) mass is 355 g/mol. The maximum absolute atomic E-state index is 13.0. The van der Waals surface area contributed by atoms with Gasteiger partial charge in [0.05, 0.1) is 6.20 Å². The van der Waals surface area contributed by atoms with Gasteiger partial charge in [0.2, 0.25) is 11.7 Å². The van der Waals surface area contributed by atoms with E-state index in [-0.39, 0.29) is 12.4 Å². The average Bonchev–Trinajstić information content (AvgIpc) is 3.27. The molecule has 0 unspecified atom stereocenters. The molecule has 2 heterocycles. The summed E-state index contributed by atoms with van der Waals surface area (Å²) in [5.74, 6) is 1.17. The molecule has 0 fully saturated rings. The van der Waals surface area contributed by atoms with Gasteiger partial charge < -0.3 is 4.42 Å². The van der Waals surface area contributed by atoms with Crippen molar-refractivity contribution in [1.82, 2.24) is 25.2 Å². The number of benzene rings is 2. The number of tetrazole rings is 1. The number of nitrogens with zero attached hydrogens (tertiary/aromatic N) is 5. The van der Waals surface area contributed by atoms with Crippen molar-refractivity contribution >= 4 is 11.6 Å². The van der Waals surface area contributed by atoms with Gasteiger partial charge >= 0.3 is 0 Å². The third-order valence-electron chi connectivity index (χ3n) is 3.51. The van der Waals surface area contributed by atoms with Crippen LogP contribution in [0.2, 0.25) is 5.02 Å². The minimum Gasteiger partial charge on any atom is -0.439 e. The fourth-order valence-electron chi connectivity index (χ4n) is 2.28. The van der Waals surface area contributed by atoms with Gasteiger partial charge in [-0.2, -0.15) is 4.80 Å². The van der Waals surface area contributed by atoms with Crippen LogP contribution in [0.25, 0.3) is 22.7 Å². The van der Waals surface area contributed by atoms with Crippen LogP contribution in [-0.2, 0) is 6.54 Å². The van der Waals surface area contributed by atoms with E-state index >= 15 is 0 Å². The van der Waals surface area contributed by atoms with E-state index in [1.54, 1.807) is 30.5 Å². The molecule has 0 amide bonds. The molecular formula is C17H11ClFN5O. The molecule has 0 radical (unpaired) electrons. The molecule has 0 aliphatic carbocycles. The second kappa shape index (κ2) is 6.45. The summed E-state index contributed by atoms with van der Waals surface area (Å²) in [6.07, 6.45) is 1.58. The van der Waals surface area contributed by atoms with Gasteiger partial charge in [-0.15, -0.1) is 10.2 Å². The van der Waals surface area contributed by atoms with Gasteiger partial charge in [-0.1, -0.05) is 11.6 Å². The maximum Gasteiger partial charge on any atom is 0.218 e. The van der Waals surface area contributed by atoms with Gasteiger partial charge in [0.15, 0.2) is 5.76 Å². The lowest BCUT2D eigenvalue weighted by Gasteiger charge is -1.96. The lowest BCUT2D eigenvalue weighted by Crippen LogP contribution is -2.04. The van der Waals surface area contributed by atoms with Gasteiger partial charge in [-0.3, -0.25) is 0 Å². The van der Waals surface area contributed by atoms with Crippen LogP contribution < -0.4 is 0 Å². The molecular weight excluding hydrogens is 345 g/mol. The molecule has 8 heteroatoms. The average molecular weight is 356 g/mol. The predicted octanol–water partition coefficient (Wildman–Crippen LogP) is 3.84. The molecule has 124 valence electrons. The molecule has 4 rings (SSSR count). The number of hydrogen-bond acceptors (Lipinski definition) is 5. The highest BCUT2D eigenvalue weighted by Crippen LogP contribution is 2.21. The third-order valence-corrected chi connectivity index (χ3v) is 3.77. The Hall–Kier alpha value is -3.06. The summed E-state index contributed by atoms with van der Waals surface area (Å²) in [7, 11) is 0. The number of rotatable bonds is 4. The highest BCUT2D eigenvalue weighted by atomic mass is 35.5. The highest BCUT2D eigenvalue weighted by Gasteiger charge is 2.11. The van der Waals surface area contributed by atoms with Crippen molar-refractivity contribution in [2.45, 2.75) is 6.54 Å². The number of hydrogen-bond donors (Lipinski definition) is 0. The number of oxazole rings is 1. The van der Waals surface area contributed by atoms with Crippen molar-refractivity contribution < 1.29 is 8.81 Å². The predicted molar refractivity (Wildman–Crippen MR) is 89.3 cm³/mol. The summed E-state index contributed by atoms with van der Waals surface area (Å²) in [5, 5.41) is 13.0. The Balaban J connectivity index is 1.51. The van der Waals surface area contributed by atoms with Crippen molar-refractivity contribution in [1.29, 1.82) is 0 Å². The van der Waals surface area contributed by atoms with Gasteiger partial charge in [0, 0.05) is 16.1 Å². The maximum atomic E-state index is 13.0. The molecule has 0 atom stereocenters. The second-order valence-electron chi connectivity index (χ2n) is 5.28. The van der Waals surface area contributed by atoms with Crippen LogP contribution in [0.1, 0.15) is 5.89 Å². The van der Waals surface area contributed by atoms with Gasteiger partial charge in [-0.25, -0.2) is 9.37 Å². The first-order valence-electron chi connectivity index (χ1n) is 7.42. The van der Waals surface area contributed by atoms with Crippen molar-refractivity contribution in [3.05, 3.63) is 71.5 Å². The Morgan fingerprint density at radius 3 is 2.48 bits per heavy atom. The van der Waals surface area contributed by atoms with Crippen molar-refractivity contribution in [2.75, 3.05) is 0 Å². The first kappa shape index (κ1) is 15.5. The van der Waals surface area contributed by atoms with E-state index in [1.165, 1.54) is 16.9 Å². The second-order valence-corrected chi connectivity index (χ2v) is 5.71. The van der Waals surface area contributed by atoms with Crippen LogP contribution in [0.15, 0.2) is 59.1 Å². The van der Waals surface area contributed by atoms with Gasteiger partial charge in [-0.05, 0) is 53.7 Å². The minimum atomic E-state index is -0.301. The Bertz CT molecular complexity index is 913. The zero-order valence-electron chi connectivity index (χ0n) is 12.8. The summed E-state index contributed by atoms with van der Waals surface area (Å²) in [6.45, 7) is 0.238. The Morgan fingerprint density at radius 1 is 1.00 bits per heavy atom. The van der Waals surface area contributed by atoms with Crippen LogP contribution >= 0.6 is 11.6 Å². The van der Waals surface area contributed by atoms with Crippen LogP contribution in [0.3, 0.4) is 0 Å². The molecule has 4 aromatic rings. The molecule has 0 bridgehead atoms. The Labute approximate surface area is 146 Å². The zero-order chi connectivity index (χ0) is 17.2. The molecule has 0 N–H and O–H groups in total. The number of halogens is 2. The minimum absolute atomic E-state index is 0.238. The Morgan fingerprint density at radius 2 is 1.72 bits per heavy atom. The largest absolute Gasteiger partial charge is 0.439 e. The summed E-state index contributed by atoms with van der Waals surface area (Å²) >= 11 is 5.87. The molecule has 0 aliphatic heterocycles. The molecule has 25 heavy (non-hydrogen) atoms. The quantitative estimate of drug-likeness (QED) is 0.556. The van der Waals surface area contributed by atoms with Crippen molar-refractivity contribution in [3.63, 3.8) is 0 Å². The summed E-state index contributed by atoms with van der Waals surface area (Å²) in [4.78, 5) is 5.59. The van der Waals surface area contributed by atoms with E-state index in [0.29, 0.717) is 22.5 Å². The van der Waals surface area contributed by atoms with Crippen LogP contribution in [0.5, 0.6) is 0 Å². The number of aromatic nitrogens is 5.